The smallest absolute Gasteiger partial charge is 0.261 e. The monoisotopic (exact) mass is 704 g/mol. The Kier molecular flexibility index (Phi) is 8.99. The fraction of sp³-hybridized carbons (Fsp3) is 0.325. The van der Waals surface area contributed by atoms with E-state index in [1.54, 1.807) is 48.4 Å². The molecule has 3 amide bonds. The number of amides is 3. The number of nitrogens with one attached hydrogen (secondary N) is 2. The maximum atomic E-state index is 14.4. The van der Waals surface area contributed by atoms with E-state index >= 15 is 0 Å². The maximum Gasteiger partial charge on any atom is 0.261 e. The first-order valence-electron chi connectivity index (χ1n) is 17.4. The van der Waals surface area contributed by atoms with E-state index in [0.717, 1.165) is 22.1 Å². The molecule has 4 aromatic rings. The van der Waals surface area contributed by atoms with Gasteiger partial charge in [0.2, 0.25) is 5.91 Å². The van der Waals surface area contributed by atoms with Gasteiger partial charge in [-0.3, -0.25) is 14.4 Å². The molecule has 3 aliphatic rings. The normalized spacial score (nSPS) is 23.8. The molecular formula is C40H44N4O6Si. The summed E-state index contributed by atoms with van der Waals surface area (Å²) >= 11 is 0. The number of aliphatic hydroxyl groups excluding tert-OH is 1. The van der Waals surface area contributed by atoms with Crippen LogP contribution in [0.2, 0.25) is 18.6 Å². The third-order valence-electron chi connectivity index (χ3n) is 11.3. The van der Waals surface area contributed by atoms with Crippen molar-refractivity contribution in [3.63, 3.8) is 0 Å². The second-order valence-corrected chi connectivity index (χ2v) is 19.2. The van der Waals surface area contributed by atoms with Gasteiger partial charge in [-0.05, 0) is 77.7 Å². The minimum absolute atomic E-state index is 0.0538. The SMILES string of the molecule is COc1ccc([Si](C)(C)[C@@H]2[C@@H](CC(=O)N3Cc4ccccc4C[C@H]3CO)O[C@]3(C(=O)Nc4ccc(NC(=O)c5ccc(N)cc5)cc43)[C@H]2C)cc1. The topological polar surface area (TPSA) is 143 Å². The molecule has 1 fully saturated rings. The molecule has 10 nitrogen and oxygen atoms in total. The van der Waals surface area contributed by atoms with Gasteiger partial charge in [-0.1, -0.05) is 61.6 Å². The van der Waals surface area contributed by atoms with Crippen molar-refractivity contribution >= 4 is 48.0 Å². The standard InChI is InChI=1S/C40H44N4O6Si/c1-24-37(51(3,4)32-16-14-31(49-2)15-17-32)35(21-36(46)44-22-27-8-6-5-7-26(27)19-30(44)23-45)50-40(24)33-20-29(13-18-34(33)43-39(40)48)42-38(47)25-9-11-28(41)12-10-25/h5-18,20,24,30,35,37,45H,19,21-23,41H2,1-4H3,(H,42,47)(H,43,48)/t24-,30-,35+,37-,40+/m0/s1. The van der Waals surface area contributed by atoms with Crippen LogP contribution in [0.5, 0.6) is 5.75 Å². The Balaban J connectivity index is 1.26. The predicted octanol–water partition coefficient (Wildman–Crippen LogP) is 5.03. The van der Waals surface area contributed by atoms with Crippen LogP contribution in [0.15, 0.2) is 91.0 Å². The molecule has 0 aliphatic carbocycles. The molecule has 0 saturated carbocycles. The number of methoxy groups -OCH3 is 1. The Morgan fingerprint density at radius 3 is 2.43 bits per heavy atom. The number of carbonyl (C=O) groups excluding carboxylic acids is 3. The van der Waals surface area contributed by atoms with Gasteiger partial charge in [0.05, 0.1) is 40.4 Å². The van der Waals surface area contributed by atoms with Crippen molar-refractivity contribution in [2.75, 3.05) is 30.1 Å². The molecule has 7 rings (SSSR count). The number of anilines is 3. The van der Waals surface area contributed by atoms with Crippen LogP contribution in [0.25, 0.3) is 0 Å². The van der Waals surface area contributed by atoms with Crippen LogP contribution in [-0.2, 0) is 32.9 Å². The average molecular weight is 705 g/mol. The number of nitrogen functional groups attached to an aromatic ring is 1. The Morgan fingerprint density at radius 1 is 1.04 bits per heavy atom. The first-order chi connectivity index (χ1) is 24.5. The lowest BCUT2D eigenvalue weighted by atomic mass is 9.82. The summed E-state index contributed by atoms with van der Waals surface area (Å²) in [7, 11) is -0.865. The molecule has 1 spiro atoms. The summed E-state index contributed by atoms with van der Waals surface area (Å²) in [6.07, 6.45) is 0.0241. The van der Waals surface area contributed by atoms with Crippen molar-refractivity contribution in [2.45, 2.75) is 62.7 Å². The summed E-state index contributed by atoms with van der Waals surface area (Å²) in [4.78, 5) is 43.6. The van der Waals surface area contributed by atoms with E-state index in [9.17, 15) is 19.5 Å². The highest BCUT2D eigenvalue weighted by Gasteiger charge is 2.65. The van der Waals surface area contributed by atoms with Crippen LogP contribution in [-0.4, -0.2) is 61.7 Å². The largest absolute Gasteiger partial charge is 0.497 e. The molecule has 264 valence electrons. The molecule has 5 atom stereocenters. The molecule has 5 N–H and O–H groups in total. The second kappa shape index (κ2) is 13.3. The number of hydrogen-bond donors (Lipinski definition) is 4. The Bertz CT molecular complexity index is 1980. The number of ether oxygens (including phenoxy) is 2. The molecule has 3 heterocycles. The number of rotatable bonds is 8. The van der Waals surface area contributed by atoms with Crippen molar-refractivity contribution in [1.82, 2.24) is 4.90 Å². The minimum Gasteiger partial charge on any atom is -0.497 e. The van der Waals surface area contributed by atoms with E-state index < -0.39 is 19.8 Å². The average Bonchev–Trinajstić information content (AvgIpc) is 3.59. The molecule has 0 unspecified atom stereocenters. The molecule has 0 bridgehead atoms. The lowest BCUT2D eigenvalue weighted by molar-refractivity contribution is -0.149. The molecular weight excluding hydrogens is 661 g/mol. The van der Waals surface area contributed by atoms with Gasteiger partial charge in [0.15, 0.2) is 5.60 Å². The maximum absolute atomic E-state index is 14.4. The lowest BCUT2D eigenvalue weighted by Gasteiger charge is -2.39. The molecule has 3 aliphatic heterocycles. The molecule has 11 heteroatoms. The van der Waals surface area contributed by atoms with E-state index in [1.807, 2.05) is 42.5 Å². The van der Waals surface area contributed by atoms with E-state index in [2.05, 4.69) is 42.8 Å². The fourth-order valence-corrected chi connectivity index (χ4v) is 12.6. The van der Waals surface area contributed by atoms with Gasteiger partial charge in [-0.2, -0.15) is 0 Å². The van der Waals surface area contributed by atoms with Gasteiger partial charge in [0, 0.05) is 40.7 Å². The lowest BCUT2D eigenvalue weighted by Crippen LogP contribution is -2.52. The molecule has 4 aromatic carbocycles. The van der Waals surface area contributed by atoms with Crippen LogP contribution < -0.4 is 26.3 Å². The molecule has 51 heavy (non-hydrogen) atoms. The molecule has 0 aromatic heterocycles. The quantitative estimate of drug-likeness (QED) is 0.149. The van der Waals surface area contributed by atoms with Gasteiger partial charge in [-0.25, -0.2) is 0 Å². The van der Waals surface area contributed by atoms with Crippen molar-refractivity contribution in [3.05, 3.63) is 113 Å². The number of nitrogens with zero attached hydrogens (tertiary/aromatic N) is 1. The number of nitrogens with two attached hydrogens (primary N) is 1. The Hall–Kier alpha value is -4.97. The summed E-state index contributed by atoms with van der Waals surface area (Å²) in [5, 5.41) is 17.5. The van der Waals surface area contributed by atoms with Gasteiger partial charge in [0.1, 0.15) is 5.75 Å². The van der Waals surface area contributed by atoms with E-state index in [-0.39, 0.29) is 48.3 Å². The summed E-state index contributed by atoms with van der Waals surface area (Å²) in [6.45, 7) is 6.83. The van der Waals surface area contributed by atoms with Crippen LogP contribution in [0, 0.1) is 5.92 Å². The molecule has 0 radical (unpaired) electrons. The predicted molar refractivity (Wildman–Crippen MR) is 200 cm³/mol. The Morgan fingerprint density at radius 2 is 1.75 bits per heavy atom. The van der Waals surface area contributed by atoms with E-state index in [4.69, 9.17) is 15.2 Å². The fourth-order valence-electron chi connectivity index (χ4n) is 8.58. The minimum atomic E-state index is -2.50. The highest BCUT2D eigenvalue weighted by Crippen LogP contribution is 2.59. The Labute approximate surface area is 299 Å². The number of aliphatic hydroxyl groups is 1. The van der Waals surface area contributed by atoms with Gasteiger partial charge in [-0.15, -0.1) is 0 Å². The van der Waals surface area contributed by atoms with Crippen molar-refractivity contribution in [3.8, 4) is 5.75 Å². The number of benzene rings is 4. The first-order valence-corrected chi connectivity index (χ1v) is 20.5. The third kappa shape index (κ3) is 5.98. The van der Waals surface area contributed by atoms with Crippen LogP contribution >= 0.6 is 0 Å². The van der Waals surface area contributed by atoms with E-state index in [1.165, 1.54) is 0 Å². The van der Waals surface area contributed by atoms with Crippen molar-refractivity contribution < 1.29 is 29.0 Å². The van der Waals surface area contributed by atoms with Gasteiger partial charge < -0.3 is 35.8 Å². The van der Waals surface area contributed by atoms with Crippen LogP contribution in [0.4, 0.5) is 17.1 Å². The zero-order valence-corrected chi connectivity index (χ0v) is 30.3. The van der Waals surface area contributed by atoms with Crippen molar-refractivity contribution in [2.24, 2.45) is 5.92 Å². The number of hydrogen-bond acceptors (Lipinski definition) is 7. The highest BCUT2D eigenvalue weighted by atomic mass is 28.3. The third-order valence-corrected chi connectivity index (χ3v) is 15.6. The summed E-state index contributed by atoms with van der Waals surface area (Å²) in [5.74, 6) is -0.297. The van der Waals surface area contributed by atoms with Crippen LogP contribution in [0.1, 0.15) is 40.4 Å². The van der Waals surface area contributed by atoms with Gasteiger partial charge >= 0.3 is 0 Å². The van der Waals surface area contributed by atoms with Crippen LogP contribution in [0.3, 0.4) is 0 Å². The zero-order chi connectivity index (χ0) is 36.1. The van der Waals surface area contributed by atoms with Gasteiger partial charge in [0.25, 0.3) is 11.8 Å². The first kappa shape index (κ1) is 34.5. The summed E-state index contributed by atoms with van der Waals surface area (Å²) in [6, 6.07) is 27.7. The van der Waals surface area contributed by atoms with Crippen molar-refractivity contribution in [1.29, 1.82) is 0 Å². The number of carbonyl (C=O) groups is 3. The number of fused-ring (bicyclic) bond motifs is 3. The summed E-state index contributed by atoms with van der Waals surface area (Å²) in [5.41, 5.74) is 9.23. The zero-order valence-electron chi connectivity index (χ0n) is 29.3. The molecule has 1 saturated heterocycles. The van der Waals surface area contributed by atoms with E-state index in [0.29, 0.717) is 41.2 Å². The summed E-state index contributed by atoms with van der Waals surface area (Å²) < 4.78 is 12.5. The second-order valence-electron chi connectivity index (χ2n) is 14.5. The highest BCUT2D eigenvalue weighted by molar-refractivity contribution is 6.91.